The summed E-state index contributed by atoms with van der Waals surface area (Å²) in [6.45, 7) is 7.53. The highest BCUT2D eigenvalue weighted by Crippen LogP contribution is 2.21. The molecule has 0 aliphatic heterocycles. The van der Waals surface area contributed by atoms with Gasteiger partial charge < -0.3 is 10.5 Å². The molecule has 0 aromatic carbocycles. The second-order valence-corrected chi connectivity index (χ2v) is 5.17. The molecule has 0 fully saturated rings. The van der Waals surface area contributed by atoms with Crippen molar-refractivity contribution in [2.75, 3.05) is 13.7 Å². The van der Waals surface area contributed by atoms with Crippen LogP contribution in [0.5, 0.6) is 0 Å². The molecule has 0 heterocycles. The molecule has 2 heteroatoms. The van der Waals surface area contributed by atoms with Crippen molar-refractivity contribution in [1.29, 1.82) is 0 Å². The zero-order valence-corrected chi connectivity index (χ0v) is 10.3. The van der Waals surface area contributed by atoms with E-state index >= 15 is 0 Å². The summed E-state index contributed by atoms with van der Waals surface area (Å²) in [6, 6.07) is 0.338. The summed E-state index contributed by atoms with van der Waals surface area (Å²) in [6.07, 6.45) is 6.14. The Balaban J connectivity index is 3.28. The van der Waals surface area contributed by atoms with E-state index in [1.165, 1.54) is 25.7 Å². The highest BCUT2D eigenvalue weighted by atomic mass is 16.5. The maximum absolute atomic E-state index is 6.07. The van der Waals surface area contributed by atoms with Crippen molar-refractivity contribution in [2.24, 2.45) is 11.1 Å². The third-order valence-corrected chi connectivity index (χ3v) is 2.73. The minimum atomic E-state index is 0.256. The Morgan fingerprint density at radius 3 is 2.14 bits per heavy atom. The molecular formula is C12H27NO. The molecule has 0 bridgehead atoms. The molecule has 0 aliphatic rings. The Kier molecular flexibility index (Phi) is 7.20. The Labute approximate surface area is 89.2 Å². The summed E-state index contributed by atoms with van der Waals surface area (Å²) >= 11 is 0. The molecule has 0 radical (unpaired) electrons. The van der Waals surface area contributed by atoms with E-state index in [9.17, 15) is 0 Å². The molecule has 0 rings (SSSR count). The summed E-state index contributed by atoms with van der Waals surface area (Å²) in [5.74, 6) is 0. The summed E-state index contributed by atoms with van der Waals surface area (Å²) < 4.78 is 5.00. The minimum Gasteiger partial charge on any atom is -0.385 e. The highest BCUT2D eigenvalue weighted by molar-refractivity contribution is 4.76. The zero-order chi connectivity index (χ0) is 11.0. The van der Waals surface area contributed by atoms with E-state index in [0.29, 0.717) is 6.04 Å². The number of methoxy groups -OCH3 is 1. The predicted octanol–water partition coefficient (Wildman–Crippen LogP) is 2.96. The Hall–Kier alpha value is -0.0800. The van der Waals surface area contributed by atoms with Crippen molar-refractivity contribution in [3.05, 3.63) is 0 Å². The number of hydrogen-bond donors (Lipinski definition) is 1. The highest BCUT2D eigenvalue weighted by Gasteiger charge is 2.19. The fourth-order valence-corrected chi connectivity index (χ4v) is 1.40. The van der Waals surface area contributed by atoms with Crippen molar-refractivity contribution >= 4 is 0 Å². The van der Waals surface area contributed by atoms with Gasteiger partial charge in [-0.05, 0) is 18.3 Å². The Morgan fingerprint density at radius 2 is 1.64 bits per heavy atom. The van der Waals surface area contributed by atoms with E-state index in [-0.39, 0.29) is 5.41 Å². The van der Waals surface area contributed by atoms with Crippen LogP contribution in [-0.4, -0.2) is 19.8 Å². The molecule has 0 spiro atoms. The van der Waals surface area contributed by atoms with Crippen LogP contribution in [0.1, 0.15) is 52.9 Å². The first-order valence-electron chi connectivity index (χ1n) is 5.73. The lowest BCUT2D eigenvalue weighted by Gasteiger charge is -2.26. The number of hydrogen-bond acceptors (Lipinski definition) is 2. The van der Waals surface area contributed by atoms with Gasteiger partial charge >= 0.3 is 0 Å². The van der Waals surface area contributed by atoms with E-state index in [0.717, 1.165) is 13.0 Å². The van der Waals surface area contributed by atoms with Gasteiger partial charge in [-0.3, -0.25) is 0 Å². The van der Waals surface area contributed by atoms with Crippen molar-refractivity contribution < 1.29 is 4.74 Å². The molecule has 0 amide bonds. The van der Waals surface area contributed by atoms with Gasteiger partial charge in [0.2, 0.25) is 0 Å². The Bertz CT molecular complexity index is 129. The van der Waals surface area contributed by atoms with Gasteiger partial charge in [0.05, 0.1) is 0 Å². The maximum Gasteiger partial charge on any atom is 0.0462 e. The average Bonchev–Trinajstić information content (AvgIpc) is 2.09. The van der Waals surface area contributed by atoms with Gasteiger partial charge in [-0.25, -0.2) is 0 Å². The van der Waals surface area contributed by atoms with E-state index < -0.39 is 0 Å². The van der Waals surface area contributed by atoms with Crippen LogP contribution in [0, 0.1) is 5.41 Å². The van der Waals surface area contributed by atoms with Crippen molar-refractivity contribution in [2.45, 2.75) is 58.9 Å². The van der Waals surface area contributed by atoms with E-state index in [4.69, 9.17) is 10.5 Å². The largest absolute Gasteiger partial charge is 0.385 e. The van der Waals surface area contributed by atoms with Crippen LogP contribution in [0.2, 0.25) is 0 Å². The van der Waals surface area contributed by atoms with Crippen LogP contribution in [0.4, 0.5) is 0 Å². The van der Waals surface area contributed by atoms with Crippen LogP contribution < -0.4 is 5.73 Å². The topological polar surface area (TPSA) is 35.2 Å². The quantitative estimate of drug-likeness (QED) is 0.643. The molecule has 2 nitrogen and oxygen atoms in total. The SMILES string of the molecule is COCCCCCCC(N)C(C)(C)C. The van der Waals surface area contributed by atoms with E-state index in [1.54, 1.807) is 7.11 Å². The first-order chi connectivity index (χ1) is 6.48. The molecule has 0 aromatic heterocycles. The van der Waals surface area contributed by atoms with Crippen molar-refractivity contribution in [1.82, 2.24) is 0 Å². The van der Waals surface area contributed by atoms with E-state index in [2.05, 4.69) is 20.8 Å². The zero-order valence-electron chi connectivity index (χ0n) is 10.3. The Morgan fingerprint density at radius 1 is 1.07 bits per heavy atom. The van der Waals surface area contributed by atoms with Crippen LogP contribution in [0.15, 0.2) is 0 Å². The molecule has 0 aliphatic carbocycles. The molecule has 0 aromatic rings. The van der Waals surface area contributed by atoms with E-state index in [1.807, 2.05) is 0 Å². The molecule has 1 unspecified atom stereocenters. The number of unbranched alkanes of at least 4 members (excludes halogenated alkanes) is 3. The third kappa shape index (κ3) is 7.34. The maximum atomic E-state index is 6.07. The molecule has 1 atom stereocenters. The smallest absolute Gasteiger partial charge is 0.0462 e. The lowest BCUT2D eigenvalue weighted by molar-refractivity contribution is 0.191. The third-order valence-electron chi connectivity index (χ3n) is 2.73. The first kappa shape index (κ1) is 13.9. The summed E-state index contributed by atoms with van der Waals surface area (Å²) in [5, 5.41) is 0. The van der Waals surface area contributed by atoms with Gasteiger partial charge in [0, 0.05) is 19.8 Å². The standard InChI is InChI=1S/C12H27NO/c1-12(2,3)11(13)9-7-5-6-8-10-14-4/h11H,5-10,13H2,1-4H3. The molecule has 86 valence electrons. The summed E-state index contributed by atoms with van der Waals surface area (Å²) in [7, 11) is 1.76. The van der Waals surface area contributed by atoms with Gasteiger partial charge in [-0.1, -0.05) is 40.0 Å². The van der Waals surface area contributed by atoms with Gasteiger partial charge in [-0.15, -0.1) is 0 Å². The minimum absolute atomic E-state index is 0.256. The normalized spacial score (nSPS) is 14.4. The second kappa shape index (κ2) is 7.24. The lowest BCUT2D eigenvalue weighted by atomic mass is 9.84. The first-order valence-corrected chi connectivity index (χ1v) is 5.73. The summed E-state index contributed by atoms with van der Waals surface area (Å²) in [4.78, 5) is 0. The van der Waals surface area contributed by atoms with Gasteiger partial charge in [0.15, 0.2) is 0 Å². The molecule has 14 heavy (non-hydrogen) atoms. The molecular weight excluding hydrogens is 174 g/mol. The number of rotatable bonds is 7. The van der Waals surface area contributed by atoms with Crippen LogP contribution in [0.3, 0.4) is 0 Å². The summed E-state index contributed by atoms with van der Waals surface area (Å²) in [5.41, 5.74) is 6.32. The fraction of sp³-hybridized carbons (Fsp3) is 1.00. The van der Waals surface area contributed by atoms with Crippen LogP contribution in [0.25, 0.3) is 0 Å². The second-order valence-electron chi connectivity index (χ2n) is 5.17. The van der Waals surface area contributed by atoms with Gasteiger partial charge in [0.1, 0.15) is 0 Å². The van der Waals surface area contributed by atoms with Gasteiger partial charge in [0.25, 0.3) is 0 Å². The average molecular weight is 201 g/mol. The number of ether oxygens (including phenoxy) is 1. The predicted molar refractivity (Wildman–Crippen MR) is 62.4 cm³/mol. The van der Waals surface area contributed by atoms with Crippen LogP contribution >= 0.6 is 0 Å². The molecule has 2 N–H and O–H groups in total. The monoisotopic (exact) mass is 201 g/mol. The fourth-order valence-electron chi connectivity index (χ4n) is 1.40. The van der Waals surface area contributed by atoms with Crippen LogP contribution in [-0.2, 0) is 4.74 Å². The van der Waals surface area contributed by atoms with Gasteiger partial charge in [-0.2, -0.15) is 0 Å². The molecule has 0 saturated heterocycles. The van der Waals surface area contributed by atoms with Crippen molar-refractivity contribution in [3.63, 3.8) is 0 Å². The molecule has 0 saturated carbocycles. The van der Waals surface area contributed by atoms with Crippen molar-refractivity contribution in [3.8, 4) is 0 Å². The number of nitrogens with two attached hydrogens (primary N) is 1. The lowest BCUT2D eigenvalue weighted by Crippen LogP contribution is -2.34.